The summed E-state index contributed by atoms with van der Waals surface area (Å²) < 4.78 is 5.42. The number of hydrogen-bond acceptors (Lipinski definition) is 3. The molecular formula is C16H27NO3. The Bertz CT molecular complexity index is 342. The zero-order valence-electron chi connectivity index (χ0n) is 12.8. The lowest BCUT2D eigenvalue weighted by Gasteiger charge is -2.31. The molecule has 20 heavy (non-hydrogen) atoms. The Kier molecular flexibility index (Phi) is 8.64. The van der Waals surface area contributed by atoms with Crippen molar-refractivity contribution in [3.05, 3.63) is 37.5 Å². The normalized spacial score (nSPS) is 13.0. The Morgan fingerprint density at radius 1 is 1.40 bits per heavy atom. The third kappa shape index (κ3) is 7.79. The molecule has 0 bridgehead atoms. The molecule has 1 atom stereocenters. The van der Waals surface area contributed by atoms with E-state index in [1.54, 1.807) is 23.1 Å². The van der Waals surface area contributed by atoms with Crippen LogP contribution >= 0.6 is 0 Å². The molecule has 4 nitrogen and oxygen atoms in total. The number of rotatable bonds is 8. The molecule has 4 heteroatoms. The summed E-state index contributed by atoms with van der Waals surface area (Å²) in [5, 5.41) is 8.98. The van der Waals surface area contributed by atoms with Crippen molar-refractivity contribution in [1.29, 1.82) is 0 Å². The number of allylic oxidation sites excluding steroid dienone is 2. The summed E-state index contributed by atoms with van der Waals surface area (Å²) in [6.45, 7) is 13.3. The van der Waals surface area contributed by atoms with Gasteiger partial charge in [0.1, 0.15) is 5.60 Å². The molecule has 1 unspecified atom stereocenters. The average molecular weight is 281 g/mol. The second-order valence-corrected chi connectivity index (χ2v) is 5.46. The number of aliphatic hydroxyl groups excluding tert-OH is 1. The van der Waals surface area contributed by atoms with Crippen molar-refractivity contribution in [3.63, 3.8) is 0 Å². The lowest BCUT2D eigenvalue weighted by Crippen LogP contribution is -2.43. The summed E-state index contributed by atoms with van der Waals surface area (Å²) >= 11 is 0. The van der Waals surface area contributed by atoms with Crippen molar-refractivity contribution < 1.29 is 14.6 Å². The minimum absolute atomic E-state index is 0.0330. The Hall–Kier alpha value is -1.55. The topological polar surface area (TPSA) is 49.8 Å². The number of amides is 1. The quantitative estimate of drug-likeness (QED) is 0.548. The van der Waals surface area contributed by atoms with Crippen LogP contribution in [0.15, 0.2) is 37.5 Å². The third-order valence-electron chi connectivity index (χ3n) is 2.46. The predicted octanol–water partition coefficient (Wildman–Crippen LogP) is 3.29. The number of nitrogens with zero attached hydrogens (tertiary/aromatic N) is 1. The number of hydrogen-bond donors (Lipinski definition) is 1. The maximum atomic E-state index is 12.3. The van der Waals surface area contributed by atoms with E-state index in [2.05, 4.69) is 13.2 Å². The van der Waals surface area contributed by atoms with Crippen molar-refractivity contribution >= 4 is 6.09 Å². The zero-order valence-corrected chi connectivity index (χ0v) is 12.8. The van der Waals surface area contributed by atoms with Crippen LogP contribution in [0.2, 0.25) is 0 Å². The van der Waals surface area contributed by atoms with Gasteiger partial charge in [0, 0.05) is 13.2 Å². The summed E-state index contributed by atoms with van der Waals surface area (Å²) in [6, 6.07) is -0.146. The van der Waals surface area contributed by atoms with E-state index in [1.165, 1.54) is 0 Å². The summed E-state index contributed by atoms with van der Waals surface area (Å²) in [4.78, 5) is 13.9. The van der Waals surface area contributed by atoms with Gasteiger partial charge in [-0.15, -0.1) is 6.58 Å². The van der Waals surface area contributed by atoms with Crippen molar-refractivity contribution in [3.8, 4) is 0 Å². The van der Waals surface area contributed by atoms with Crippen LogP contribution in [0, 0.1) is 0 Å². The summed E-state index contributed by atoms with van der Waals surface area (Å²) in [6.07, 6.45) is 7.85. The molecule has 0 aliphatic rings. The molecule has 1 N–H and O–H groups in total. The highest BCUT2D eigenvalue weighted by atomic mass is 16.6. The van der Waals surface area contributed by atoms with Gasteiger partial charge in [0.2, 0.25) is 0 Å². The minimum atomic E-state index is -0.546. The van der Waals surface area contributed by atoms with Crippen LogP contribution in [-0.2, 0) is 4.74 Å². The molecule has 0 aliphatic carbocycles. The maximum absolute atomic E-state index is 12.3. The van der Waals surface area contributed by atoms with Gasteiger partial charge in [-0.3, -0.25) is 0 Å². The molecular weight excluding hydrogens is 254 g/mol. The van der Waals surface area contributed by atoms with Crippen LogP contribution in [0.5, 0.6) is 0 Å². The molecule has 0 aliphatic heterocycles. The van der Waals surface area contributed by atoms with Gasteiger partial charge in [0.05, 0.1) is 6.04 Å². The SMILES string of the molecule is C=CC=CC(CC=C)N(CCCO)C(=O)OC(C)(C)C. The van der Waals surface area contributed by atoms with Gasteiger partial charge >= 0.3 is 6.09 Å². The van der Waals surface area contributed by atoms with Crippen LogP contribution in [0.3, 0.4) is 0 Å². The fraction of sp³-hybridized carbons (Fsp3) is 0.562. The van der Waals surface area contributed by atoms with E-state index < -0.39 is 5.60 Å². The largest absolute Gasteiger partial charge is 0.444 e. The van der Waals surface area contributed by atoms with Crippen molar-refractivity contribution in [2.75, 3.05) is 13.2 Å². The Labute approximate surface area is 122 Å². The molecule has 1 amide bonds. The highest BCUT2D eigenvalue weighted by molar-refractivity contribution is 5.69. The fourth-order valence-corrected chi connectivity index (χ4v) is 1.64. The second-order valence-electron chi connectivity index (χ2n) is 5.46. The van der Waals surface area contributed by atoms with Gasteiger partial charge in [-0.2, -0.15) is 0 Å². The van der Waals surface area contributed by atoms with Gasteiger partial charge in [0.25, 0.3) is 0 Å². The number of ether oxygens (including phenoxy) is 1. The van der Waals surface area contributed by atoms with Crippen LogP contribution in [0.4, 0.5) is 4.79 Å². The first-order chi connectivity index (χ1) is 9.35. The zero-order chi connectivity index (χ0) is 15.6. The Morgan fingerprint density at radius 2 is 2.05 bits per heavy atom. The van der Waals surface area contributed by atoms with Gasteiger partial charge < -0.3 is 14.7 Å². The average Bonchev–Trinajstić information content (AvgIpc) is 2.34. The molecule has 0 aromatic rings. The van der Waals surface area contributed by atoms with Crippen LogP contribution in [0.25, 0.3) is 0 Å². The predicted molar refractivity (Wildman–Crippen MR) is 82.6 cm³/mol. The Morgan fingerprint density at radius 3 is 2.50 bits per heavy atom. The van der Waals surface area contributed by atoms with Gasteiger partial charge in [0.15, 0.2) is 0 Å². The Balaban J connectivity index is 5.05. The van der Waals surface area contributed by atoms with Gasteiger partial charge in [-0.05, 0) is 33.6 Å². The second kappa shape index (κ2) is 9.37. The monoisotopic (exact) mass is 281 g/mol. The van der Waals surface area contributed by atoms with E-state index in [9.17, 15) is 4.79 Å². The number of carbonyl (C=O) groups excluding carboxylic acids is 1. The van der Waals surface area contributed by atoms with Gasteiger partial charge in [-0.1, -0.05) is 30.9 Å². The highest BCUT2D eigenvalue weighted by Gasteiger charge is 2.25. The van der Waals surface area contributed by atoms with E-state index >= 15 is 0 Å². The van der Waals surface area contributed by atoms with Crippen LogP contribution in [0.1, 0.15) is 33.6 Å². The molecule has 0 spiro atoms. The summed E-state index contributed by atoms with van der Waals surface area (Å²) in [7, 11) is 0. The first kappa shape index (κ1) is 18.4. The molecule has 0 radical (unpaired) electrons. The molecule has 0 saturated heterocycles. The van der Waals surface area contributed by atoms with E-state index in [1.807, 2.05) is 26.8 Å². The standard InChI is InChI=1S/C16H27NO3/c1-6-8-11-14(10-7-2)17(12-9-13-18)15(19)20-16(3,4)5/h6-8,11,14,18H,1-2,9-10,12-13H2,3-5H3. The first-order valence-corrected chi connectivity index (χ1v) is 6.86. The summed E-state index contributed by atoms with van der Waals surface area (Å²) in [5.74, 6) is 0. The molecule has 0 rings (SSSR count). The lowest BCUT2D eigenvalue weighted by atomic mass is 10.1. The lowest BCUT2D eigenvalue weighted by molar-refractivity contribution is 0.0190. The molecule has 0 aromatic carbocycles. The van der Waals surface area contributed by atoms with E-state index in [0.29, 0.717) is 19.4 Å². The molecule has 0 aromatic heterocycles. The molecule has 0 saturated carbocycles. The molecule has 0 fully saturated rings. The molecule has 114 valence electrons. The van der Waals surface area contributed by atoms with E-state index in [0.717, 1.165) is 0 Å². The minimum Gasteiger partial charge on any atom is -0.444 e. The van der Waals surface area contributed by atoms with Crippen molar-refractivity contribution in [2.45, 2.75) is 45.3 Å². The van der Waals surface area contributed by atoms with Crippen molar-refractivity contribution in [1.82, 2.24) is 4.90 Å². The summed E-state index contributed by atoms with van der Waals surface area (Å²) in [5.41, 5.74) is -0.546. The van der Waals surface area contributed by atoms with Gasteiger partial charge in [-0.25, -0.2) is 4.79 Å². The van der Waals surface area contributed by atoms with E-state index in [-0.39, 0.29) is 18.7 Å². The fourth-order valence-electron chi connectivity index (χ4n) is 1.64. The molecule has 0 heterocycles. The van der Waals surface area contributed by atoms with Crippen LogP contribution < -0.4 is 0 Å². The number of carbonyl (C=O) groups is 1. The maximum Gasteiger partial charge on any atom is 0.410 e. The third-order valence-corrected chi connectivity index (χ3v) is 2.46. The number of aliphatic hydroxyl groups is 1. The highest BCUT2D eigenvalue weighted by Crippen LogP contribution is 2.15. The van der Waals surface area contributed by atoms with E-state index in [4.69, 9.17) is 9.84 Å². The first-order valence-electron chi connectivity index (χ1n) is 6.86. The van der Waals surface area contributed by atoms with Crippen LogP contribution in [-0.4, -0.2) is 40.9 Å². The van der Waals surface area contributed by atoms with Crippen molar-refractivity contribution in [2.24, 2.45) is 0 Å². The smallest absolute Gasteiger partial charge is 0.410 e.